The van der Waals surface area contributed by atoms with Crippen LogP contribution in [0.5, 0.6) is 0 Å². The van der Waals surface area contributed by atoms with Crippen molar-refractivity contribution in [3.05, 3.63) is 16.1 Å². The van der Waals surface area contributed by atoms with Gasteiger partial charge in [0.1, 0.15) is 0 Å². The van der Waals surface area contributed by atoms with Crippen LogP contribution in [0.1, 0.15) is 36.9 Å². The largest absolute Gasteiger partial charge is 0.314 e. The molecule has 1 aliphatic rings. The highest BCUT2D eigenvalue weighted by Crippen LogP contribution is 2.24. The summed E-state index contributed by atoms with van der Waals surface area (Å²) in [6, 6.07) is 0.342. The average molecular weight is 316 g/mol. The van der Waals surface area contributed by atoms with Crippen molar-refractivity contribution in [2.24, 2.45) is 5.92 Å². The van der Waals surface area contributed by atoms with E-state index in [2.05, 4.69) is 22.6 Å². The van der Waals surface area contributed by atoms with Gasteiger partial charge in [-0.15, -0.1) is 11.3 Å². The number of aryl methyl sites for hydroxylation is 1. The zero-order chi connectivity index (χ0) is 14.6. The molecule has 0 aliphatic carbocycles. The lowest BCUT2D eigenvalue weighted by molar-refractivity contribution is 0.401. The highest BCUT2D eigenvalue weighted by atomic mass is 32.2. The number of nitrogens with one attached hydrogen (secondary N) is 1. The molecule has 2 atom stereocenters. The zero-order valence-corrected chi connectivity index (χ0v) is 13.9. The van der Waals surface area contributed by atoms with E-state index in [9.17, 15) is 8.42 Å². The monoisotopic (exact) mass is 316 g/mol. The second-order valence-electron chi connectivity index (χ2n) is 5.72. The predicted molar refractivity (Wildman–Crippen MR) is 84.0 cm³/mol. The minimum Gasteiger partial charge on any atom is -0.314 e. The molecule has 1 N–H and O–H groups in total. The van der Waals surface area contributed by atoms with Gasteiger partial charge in [-0.3, -0.25) is 0 Å². The summed E-state index contributed by atoms with van der Waals surface area (Å²) in [5.74, 6) is 1.05. The maximum atomic E-state index is 11.6. The molecule has 1 saturated heterocycles. The molecule has 1 aromatic rings. The van der Waals surface area contributed by atoms with E-state index in [4.69, 9.17) is 0 Å². The van der Waals surface area contributed by atoms with Gasteiger partial charge in [0.15, 0.2) is 9.84 Å². The van der Waals surface area contributed by atoms with Crippen LogP contribution in [0.2, 0.25) is 0 Å². The van der Waals surface area contributed by atoms with Crippen LogP contribution < -0.4 is 5.32 Å². The van der Waals surface area contributed by atoms with Crippen molar-refractivity contribution < 1.29 is 8.42 Å². The van der Waals surface area contributed by atoms with Crippen molar-refractivity contribution in [1.29, 1.82) is 0 Å². The van der Waals surface area contributed by atoms with Gasteiger partial charge in [0.2, 0.25) is 0 Å². The Kier molecular flexibility index (Phi) is 5.57. The molecule has 0 radical (unpaired) electrons. The van der Waals surface area contributed by atoms with Crippen molar-refractivity contribution in [1.82, 2.24) is 10.3 Å². The Balaban J connectivity index is 1.93. The first-order valence-electron chi connectivity index (χ1n) is 7.33. The topological polar surface area (TPSA) is 59.1 Å². The van der Waals surface area contributed by atoms with Gasteiger partial charge in [-0.1, -0.05) is 6.92 Å². The first kappa shape index (κ1) is 15.9. The second-order valence-corrected chi connectivity index (χ2v) is 9.01. The number of nitrogens with zero attached hydrogens (tertiary/aromatic N) is 1. The SMILES string of the molecule is CCCNC(Cc1csc(C)n1)CC1CCS(=O)(=O)C1. The second kappa shape index (κ2) is 7.00. The summed E-state index contributed by atoms with van der Waals surface area (Å²) >= 11 is 1.68. The van der Waals surface area contributed by atoms with Crippen molar-refractivity contribution in [2.75, 3.05) is 18.1 Å². The highest BCUT2D eigenvalue weighted by Gasteiger charge is 2.29. The van der Waals surface area contributed by atoms with Gasteiger partial charge in [0.05, 0.1) is 22.2 Å². The van der Waals surface area contributed by atoms with Gasteiger partial charge in [-0.05, 0) is 38.6 Å². The van der Waals surface area contributed by atoms with E-state index >= 15 is 0 Å². The molecule has 4 nitrogen and oxygen atoms in total. The Morgan fingerprint density at radius 1 is 1.55 bits per heavy atom. The van der Waals surface area contributed by atoms with E-state index in [0.717, 1.165) is 42.9 Å². The van der Waals surface area contributed by atoms with Gasteiger partial charge in [0, 0.05) is 17.8 Å². The minimum atomic E-state index is -2.77. The summed E-state index contributed by atoms with van der Waals surface area (Å²) in [6.07, 6.45) is 3.76. The lowest BCUT2D eigenvalue weighted by Crippen LogP contribution is -2.34. The van der Waals surface area contributed by atoms with Crippen LogP contribution in [0.4, 0.5) is 0 Å². The summed E-state index contributed by atoms with van der Waals surface area (Å²) in [6.45, 7) is 5.15. The Hall–Kier alpha value is -0.460. The number of aromatic nitrogens is 1. The normalized spacial score (nSPS) is 23.0. The quantitative estimate of drug-likeness (QED) is 0.838. The predicted octanol–water partition coefficient (Wildman–Crippen LogP) is 2.19. The van der Waals surface area contributed by atoms with Crippen LogP contribution in [0.3, 0.4) is 0 Å². The molecule has 0 amide bonds. The van der Waals surface area contributed by atoms with Gasteiger partial charge in [-0.25, -0.2) is 13.4 Å². The fourth-order valence-electron chi connectivity index (χ4n) is 2.80. The van der Waals surface area contributed by atoms with Crippen molar-refractivity contribution >= 4 is 21.2 Å². The third-order valence-corrected chi connectivity index (χ3v) is 6.41. The number of rotatable bonds is 7. The van der Waals surface area contributed by atoms with Crippen LogP contribution in [0.25, 0.3) is 0 Å². The fourth-order valence-corrected chi connectivity index (χ4v) is 5.31. The van der Waals surface area contributed by atoms with Gasteiger partial charge >= 0.3 is 0 Å². The van der Waals surface area contributed by atoms with Crippen LogP contribution in [-0.2, 0) is 16.3 Å². The lowest BCUT2D eigenvalue weighted by Gasteiger charge is -2.20. The highest BCUT2D eigenvalue weighted by molar-refractivity contribution is 7.91. The third-order valence-electron chi connectivity index (χ3n) is 3.75. The molecule has 6 heteroatoms. The summed E-state index contributed by atoms with van der Waals surface area (Å²) in [5.41, 5.74) is 1.13. The average Bonchev–Trinajstić information content (AvgIpc) is 2.92. The molecule has 2 unspecified atom stereocenters. The molecule has 20 heavy (non-hydrogen) atoms. The maximum Gasteiger partial charge on any atom is 0.150 e. The Morgan fingerprint density at radius 2 is 2.35 bits per heavy atom. The van der Waals surface area contributed by atoms with Gasteiger partial charge < -0.3 is 5.32 Å². The van der Waals surface area contributed by atoms with Crippen LogP contribution >= 0.6 is 11.3 Å². The Labute approximate surface area is 125 Å². The van der Waals surface area contributed by atoms with E-state index in [1.165, 1.54) is 0 Å². The summed E-state index contributed by atoms with van der Waals surface area (Å²) in [5, 5.41) is 6.76. The van der Waals surface area contributed by atoms with Crippen LogP contribution in [-0.4, -0.2) is 37.5 Å². The number of thiazole rings is 1. The molecular weight excluding hydrogens is 292 g/mol. The van der Waals surface area contributed by atoms with Gasteiger partial charge in [-0.2, -0.15) is 0 Å². The smallest absolute Gasteiger partial charge is 0.150 e. The van der Waals surface area contributed by atoms with E-state index < -0.39 is 9.84 Å². The van der Waals surface area contributed by atoms with Crippen molar-refractivity contribution in [2.45, 2.75) is 45.6 Å². The summed E-state index contributed by atoms with van der Waals surface area (Å²) in [7, 11) is -2.77. The Morgan fingerprint density at radius 3 is 2.90 bits per heavy atom. The van der Waals surface area contributed by atoms with E-state index in [1.54, 1.807) is 11.3 Å². The molecule has 0 spiro atoms. The molecule has 0 aromatic carbocycles. The molecule has 2 heterocycles. The first-order valence-corrected chi connectivity index (χ1v) is 10.0. The van der Waals surface area contributed by atoms with Crippen molar-refractivity contribution in [3.8, 4) is 0 Å². The van der Waals surface area contributed by atoms with Crippen LogP contribution in [0.15, 0.2) is 5.38 Å². The molecule has 1 aliphatic heterocycles. The maximum absolute atomic E-state index is 11.6. The molecule has 2 rings (SSSR count). The Bertz CT molecular complexity index is 525. The lowest BCUT2D eigenvalue weighted by atomic mass is 9.96. The molecule has 1 fully saturated rings. The first-order chi connectivity index (χ1) is 9.48. The molecule has 114 valence electrons. The van der Waals surface area contributed by atoms with Crippen LogP contribution in [0, 0.1) is 12.8 Å². The molecular formula is C14H24N2O2S2. The summed E-state index contributed by atoms with van der Waals surface area (Å²) < 4.78 is 23.1. The van der Waals surface area contributed by atoms with Crippen molar-refractivity contribution in [3.63, 3.8) is 0 Å². The minimum absolute atomic E-state index is 0.314. The van der Waals surface area contributed by atoms with E-state index in [-0.39, 0.29) is 0 Å². The number of hydrogen-bond donors (Lipinski definition) is 1. The molecule has 0 bridgehead atoms. The number of sulfone groups is 1. The number of hydrogen-bond acceptors (Lipinski definition) is 5. The van der Waals surface area contributed by atoms with Gasteiger partial charge in [0.25, 0.3) is 0 Å². The third kappa shape index (κ3) is 4.82. The summed E-state index contributed by atoms with van der Waals surface area (Å²) in [4.78, 5) is 4.52. The van der Waals surface area contributed by atoms with E-state index in [1.807, 2.05) is 6.92 Å². The molecule has 0 saturated carbocycles. The zero-order valence-electron chi connectivity index (χ0n) is 12.3. The fraction of sp³-hybridized carbons (Fsp3) is 0.786. The molecule has 1 aromatic heterocycles. The standard InChI is InChI=1S/C14H24N2O2S2/c1-3-5-15-13(8-14-9-19-11(2)16-14)7-12-4-6-20(17,18)10-12/h9,12-13,15H,3-8,10H2,1-2H3. The van der Waals surface area contributed by atoms with E-state index in [0.29, 0.717) is 23.5 Å².